The van der Waals surface area contributed by atoms with Gasteiger partial charge in [-0.15, -0.1) is 10.2 Å². The molecule has 1 aromatic carbocycles. The quantitative estimate of drug-likeness (QED) is 0.729. The molecule has 0 aliphatic carbocycles. The zero-order valence-electron chi connectivity index (χ0n) is 13.4. The predicted octanol–water partition coefficient (Wildman–Crippen LogP) is 2.62. The van der Waals surface area contributed by atoms with Crippen LogP contribution in [0.25, 0.3) is 22.1 Å². The minimum Gasteiger partial charge on any atom is -0.355 e. The molecule has 0 unspecified atom stereocenters. The molecule has 0 bridgehead atoms. The fourth-order valence-electron chi connectivity index (χ4n) is 2.59. The summed E-state index contributed by atoms with van der Waals surface area (Å²) in [6.07, 6.45) is 0. The number of rotatable bonds is 5. The van der Waals surface area contributed by atoms with E-state index in [2.05, 4.69) is 38.1 Å². The van der Waals surface area contributed by atoms with E-state index in [1.807, 2.05) is 32.0 Å². The van der Waals surface area contributed by atoms with E-state index in [-0.39, 0.29) is 11.2 Å². The number of hydrogen-bond donors (Lipinski definition) is 1. The second kappa shape index (κ2) is 6.54. The van der Waals surface area contributed by atoms with Crippen LogP contribution in [-0.2, 0) is 11.3 Å². The van der Waals surface area contributed by atoms with Crippen molar-refractivity contribution in [3.05, 3.63) is 24.3 Å². The summed E-state index contributed by atoms with van der Waals surface area (Å²) in [7, 11) is 0. The number of amides is 1. The number of nitrogens with zero attached hydrogens (tertiary/aromatic N) is 4. The molecular weight excluding hydrogens is 310 g/mol. The van der Waals surface area contributed by atoms with Crippen molar-refractivity contribution in [2.45, 2.75) is 37.7 Å². The summed E-state index contributed by atoms with van der Waals surface area (Å²) in [6, 6.07) is 8.09. The van der Waals surface area contributed by atoms with E-state index < -0.39 is 0 Å². The molecule has 2 heterocycles. The minimum absolute atomic E-state index is 0.0165. The van der Waals surface area contributed by atoms with Crippen LogP contribution >= 0.6 is 11.8 Å². The highest BCUT2D eigenvalue weighted by Gasteiger charge is 2.18. The van der Waals surface area contributed by atoms with E-state index in [0.717, 1.165) is 28.6 Å². The van der Waals surface area contributed by atoms with E-state index in [1.165, 1.54) is 11.8 Å². The lowest BCUT2D eigenvalue weighted by molar-refractivity contribution is -0.120. The highest BCUT2D eigenvalue weighted by molar-refractivity contribution is 8.00. The Morgan fingerprint density at radius 3 is 2.83 bits per heavy atom. The van der Waals surface area contributed by atoms with Gasteiger partial charge < -0.3 is 9.88 Å². The molecule has 0 aliphatic heterocycles. The van der Waals surface area contributed by atoms with Gasteiger partial charge in [0, 0.05) is 18.5 Å². The first kappa shape index (κ1) is 15.7. The lowest BCUT2D eigenvalue weighted by Crippen LogP contribution is -2.30. The highest BCUT2D eigenvalue weighted by atomic mass is 32.2. The second-order valence-electron chi connectivity index (χ2n) is 5.18. The maximum absolute atomic E-state index is 11.9. The fraction of sp³-hybridized carbons (Fsp3) is 0.375. The van der Waals surface area contributed by atoms with Gasteiger partial charge in [0.15, 0.2) is 5.65 Å². The van der Waals surface area contributed by atoms with E-state index in [0.29, 0.717) is 11.7 Å². The van der Waals surface area contributed by atoms with Crippen LogP contribution in [0.1, 0.15) is 20.8 Å². The van der Waals surface area contributed by atoms with Crippen molar-refractivity contribution in [2.75, 3.05) is 6.54 Å². The number of hydrogen-bond acceptors (Lipinski definition) is 5. The van der Waals surface area contributed by atoms with E-state index in [4.69, 9.17) is 0 Å². The molecule has 120 valence electrons. The molecule has 0 fully saturated rings. The normalized spacial score (nSPS) is 12.7. The number of fused-ring (bicyclic) bond motifs is 3. The third-order valence-electron chi connectivity index (χ3n) is 3.67. The van der Waals surface area contributed by atoms with Crippen molar-refractivity contribution in [2.24, 2.45) is 0 Å². The first-order valence-electron chi connectivity index (χ1n) is 7.71. The Balaban J connectivity index is 2.02. The predicted molar refractivity (Wildman–Crippen MR) is 92.5 cm³/mol. The molecule has 6 nitrogen and oxygen atoms in total. The van der Waals surface area contributed by atoms with Gasteiger partial charge in [-0.2, -0.15) is 0 Å². The Bertz CT molecular complexity index is 860. The number of para-hydroxylation sites is 1. The van der Waals surface area contributed by atoms with Crippen LogP contribution < -0.4 is 5.32 Å². The molecule has 1 N–H and O–H groups in total. The maximum atomic E-state index is 11.9. The highest BCUT2D eigenvalue weighted by Crippen LogP contribution is 2.27. The first-order valence-corrected chi connectivity index (χ1v) is 8.59. The van der Waals surface area contributed by atoms with Crippen molar-refractivity contribution >= 4 is 39.7 Å². The minimum atomic E-state index is -0.256. The van der Waals surface area contributed by atoms with Gasteiger partial charge in [-0.25, -0.2) is 4.98 Å². The third-order valence-corrected chi connectivity index (χ3v) is 4.62. The number of carbonyl (C=O) groups excluding carboxylic acids is 1. The van der Waals surface area contributed by atoms with Crippen LogP contribution in [0.15, 0.2) is 29.4 Å². The van der Waals surface area contributed by atoms with Crippen molar-refractivity contribution in [1.82, 2.24) is 25.1 Å². The van der Waals surface area contributed by atoms with Gasteiger partial charge in [0.2, 0.25) is 11.1 Å². The van der Waals surface area contributed by atoms with E-state index in [9.17, 15) is 4.79 Å². The smallest absolute Gasteiger partial charge is 0.233 e. The number of benzene rings is 1. The molecule has 0 aliphatic rings. The SMILES string of the molecule is CCNC(=O)[C@@H](C)Sc1nnc2c3ccccc3n(CC)c2n1. The van der Waals surface area contributed by atoms with Gasteiger partial charge in [-0.3, -0.25) is 4.79 Å². The largest absolute Gasteiger partial charge is 0.355 e. The van der Waals surface area contributed by atoms with Crippen molar-refractivity contribution in [1.29, 1.82) is 0 Å². The summed E-state index contributed by atoms with van der Waals surface area (Å²) >= 11 is 1.33. The van der Waals surface area contributed by atoms with E-state index in [1.54, 1.807) is 0 Å². The molecule has 23 heavy (non-hydrogen) atoms. The van der Waals surface area contributed by atoms with Crippen molar-refractivity contribution in [3.63, 3.8) is 0 Å². The number of carbonyl (C=O) groups is 1. The summed E-state index contributed by atoms with van der Waals surface area (Å²) in [5.41, 5.74) is 2.72. The average molecular weight is 329 g/mol. The lowest BCUT2D eigenvalue weighted by atomic mass is 10.2. The molecule has 1 atom stereocenters. The number of thioether (sulfide) groups is 1. The van der Waals surface area contributed by atoms with Gasteiger partial charge in [0.1, 0.15) is 5.52 Å². The number of aryl methyl sites for hydroxylation is 1. The standard InChI is InChI=1S/C16H19N5OS/c1-4-17-15(22)10(3)23-16-18-14-13(19-20-16)11-8-6-7-9-12(11)21(14)5-2/h6-10H,4-5H2,1-3H3,(H,17,22)/t10-/m1/s1. The maximum Gasteiger partial charge on any atom is 0.233 e. The number of nitrogens with one attached hydrogen (secondary N) is 1. The Morgan fingerprint density at radius 2 is 2.09 bits per heavy atom. The molecule has 1 amide bonds. The lowest BCUT2D eigenvalue weighted by Gasteiger charge is -2.09. The Morgan fingerprint density at radius 1 is 1.30 bits per heavy atom. The van der Waals surface area contributed by atoms with Gasteiger partial charge in [-0.05, 0) is 26.8 Å². The monoisotopic (exact) mass is 329 g/mol. The molecule has 0 saturated heterocycles. The second-order valence-corrected chi connectivity index (χ2v) is 6.49. The van der Waals surface area contributed by atoms with Crippen molar-refractivity contribution in [3.8, 4) is 0 Å². The average Bonchev–Trinajstić information content (AvgIpc) is 2.88. The van der Waals surface area contributed by atoms with Gasteiger partial charge in [0.25, 0.3) is 0 Å². The topological polar surface area (TPSA) is 72.7 Å². The van der Waals surface area contributed by atoms with Crippen LogP contribution in [0.4, 0.5) is 0 Å². The van der Waals surface area contributed by atoms with Crippen LogP contribution in [0.5, 0.6) is 0 Å². The van der Waals surface area contributed by atoms with Crippen LogP contribution in [-0.4, -0.2) is 37.5 Å². The first-order chi connectivity index (χ1) is 11.2. The fourth-order valence-corrected chi connectivity index (χ4v) is 3.32. The molecule has 0 spiro atoms. The molecule has 0 saturated carbocycles. The zero-order valence-corrected chi connectivity index (χ0v) is 14.2. The molecule has 0 radical (unpaired) electrons. The Kier molecular flexibility index (Phi) is 4.47. The molecule has 7 heteroatoms. The molecule has 3 rings (SSSR count). The molecule has 2 aromatic heterocycles. The van der Waals surface area contributed by atoms with Gasteiger partial charge in [0.05, 0.1) is 10.8 Å². The molecular formula is C16H19N5OS. The van der Waals surface area contributed by atoms with Gasteiger partial charge in [-0.1, -0.05) is 30.0 Å². The summed E-state index contributed by atoms with van der Waals surface area (Å²) in [5, 5.41) is 12.7. The summed E-state index contributed by atoms with van der Waals surface area (Å²) in [6.45, 7) is 7.25. The van der Waals surface area contributed by atoms with Crippen LogP contribution in [0.2, 0.25) is 0 Å². The third kappa shape index (κ3) is 2.88. The van der Waals surface area contributed by atoms with Crippen LogP contribution in [0, 0.1) is 0 Å². The summed E-state index contributed by atoms with van der Waals surface area (Å²) < 4.78 is 2.13. The van der Waals surface area contributed by atoms with Crippen LogP contribution in [0.3, 0.4) is 0 Å². The summed E-state index contributed by atoms with van der Waals surface area (Å²) in [4.78, 5) is 16.5. The van der Waals surface area contributed by atoms with Crippen molar-refractivity contribution < 1.29 is 4.79 Å². The molecule has 3 aromatic rings. The number of aromatic nitrogens is 4. The summed E-state index contributed by atoms with van der Waals surface area (Å²) in [5.74, 6) is -0.0165. The van der Waals surface area contributed by atoms with E-state index >= 15 is 0 Å². The zero-order chi connectivity index (χ0) is 16.4. The van der Waals surface area contributed by atoms with Gasteiger partial charge >= 0.3 is 0 Å². The Hall–Kier alpha value is -2.15. The Labute approximate surface area is 138 Å².